The first-order valence-corrected chi connectivity index (χ1v) is 12.7. The second-order valence-corrected chi connectivity index (χ2v) is 9.41. The van der Waals surface area contributed by atoms with Crippen molar-refractivity contribution in [3.8, 4) is 11.5 Å². The summed E-state index contributed by atoms with van der Waals surface area (Å²) >= 11 is 0. The summed E-state index contributed by atoms with van der Waals surface area (Å²) < 4.78 is 27.9. The van der Waals surface area contributed by atoms with Crippen LogP contribution in [0.1, 0.15) is 31.9 Å². The maximum Gasteiger partial charge on any atom is 0.249 e. The number of halogens is 1. The van der Waals surface area contributed by atoms with Gasteiger partial charge in [0.2, 0.25) is 11.8 Å². The summed E-state index contributed by atoms with van der Waals surface area (Å²) in [5.41, 5.74) is 1.54. The van der Waals surface area contributed by atoms with Crippen molar-refractivity contribution >= 4 is 28.5 Å². The first-order chi connectivity index (χ1) is 18.8. The highest BCUT2D eigenvalue weighted by Crippen LogP contribution is 2.39. The quantitative estimate of drug-likeness (QED) is 0.304. The molecule has 39 heavy (non-hydrogen) atoms. The van der Waals surface area contributed by atoms with E-state index in [9.17, 15) is 9.59 Å². The molecule has 9 nitrogen and oxygen atoms in total. The summed E-state index contributed by atoms with van der Waals surface area (Å²) in [4.78, 5) is 29.1. The van der Waals surface area contributed by atoms with Gasteiger partial charge in [0.1, 0.15) is 23.9 Å². The van der Waals surface area contributed by atoms with Crippen LogP contribution in [-0.2, 0) is 16.1 Å². The highest BCUT2D eigenvalue weighted by atomic mass is 19.1. The smallest absolute Gasteiger partial charge is 0.249 e. The van der Waals surface area contributed by atoms with Crippen LogP contribution in [0.2, 0.25) is 0 Å². The van der Waals surface area contributed by atoms with E-state index in [2.05, 4.69) is 15.6 Å². The fraction of sp³-hybridized carbons (Fsp3) is 0.310. The number of rotatable bonds is 11. The SMILES string of the molecule is COc1cccc(C(C(=O)NCCC(C)C)N(C(=O)Cn2nnc3ccccc32)c2ccccc2F)c1OC. The molecule has 0 fully saturated rings. The molecular weight excluding hydrogens is 501 g/mol. The van der Waals surface area contributed by atoms with E-state index >= 15 is 4.39 Å². The fourth-order valence-electron chi connectivity index (χ4n) is 4.41. The molecule has 0 bridgehead atoms. The third-order valence-corrected chi connectivity index (χ3v) is 6.34. The molecule has 204 valence electrons. The molecule has 0 radical (unpaired) electrons. The lowest BCUT2D eigenvalue weighted by atomic mass is 10.0. The zero-order valence-electron chi connectivity index (χ0n) is 22.4. The Morgan fingerprint density at radius 3 is 2.46 bits per heavy atom. The summed E-state index contributed by atoms with van der Waals surface area (Å²) in [7, 11) is 2.93. The second kappa shape index (κ2) is 12.4. The van der Waals surface area contributed by atoms with Crippen molar-refractivity contribution in [2.24, 2.45) is 5.92 Å². The van der Waals surface area contributed by atoms with Gasteiger partial charge >= 0.3 is 0 Å². The maximum absolute atomic E-state index is 15.3. The molecule has 3 aromatic carbocycles. The molecule has 1 unspecified atom stereocenters. The Morgan fingerprint density at radius 2 is 1.74 bits per heavy atom. The second-order valence-electron chi connectivity index (χ2n) is 9.41. The Balaban J connectivity index is 1.86. The molecule has 1 heterocycles. The van der Waals surface area contributed by atoms with Crippen molar-refractivity contribution in [2.45, 2.75) is 32.9 Å². The highest BCUT2D eigenvalue weighted by molar-refractivity contribution is 6.02. The predicted octanol–water partition coefficient (Wildman–Crippen LogP) is 4.52. The Bertz CT molecular complexity index is 1450. The van der Waals surface area contributed by atoms with Crippen LogP contribution in [0.5, 0.6) is 11.5 Å². The van der Waals surface area contributed by atoms with Gasteiger partial charge in [-0.25, -0.2) is 9.07 Å². The van der Waals surface area contributed by atoms with E-state index in [0.29, 0.717) is 34.8 Å². The van der Waals surface area contributed by atoms with Gasteiger partial charge in [-0.15, -0.1) is 5.10 Å². The lowest BCUT2D eigenvalue weighted by Gasteiger charge is -2.32. The minimum absolute atomic E-state index is 0.0548. The van der Waals surface area contributed by atoms with E-state index in [0.717, 1.165) is 11.3 Å². The van der Waals surface area contributed by atoms with Crippen LogP contribution < -0.4 is 19.7 Å². The van der Waals surface area contributed by atoms with Gasteiger partial charge < -0.3 is 14.8 Å². The highest BCUT2D eigenvalue weighted by Gasteiger charge is 2.37. The minimum atomic E-state index is -1.28. The number of para-hydroxylation sites is 3. The average Bonchev–Trinajstić information content (AvgIpc) is 3.34. The molecule has 0 aliphatic rings. The van der Waals surface area contributed by atoms with Crippen LogP contribution in [0.4, 0.5) is 10.1 Å². The molecule has 1 aromatic heterocycles. The van der Waals surface area contributed by atoms with Crippen LogP contribution in [0.3, 0.4) is 0 Å². The molecule has 4 aromatic rings. The van der Waals surface area contributed by atoms with Crippen molar-refractivity contribution in [1.82, 2.24) is 20.3 Å². The lowest BCUT2D eigenvalue weighted by Crippen LogP contribution is -2.46. The van der Waals surface area contributed by atoms with E-state index in [-0.39, 0.29) is 18.0 Å². The van der Waals surface area contributed by atoms with E-state index in [1.807, 2.05) is 26.0 Å². The van der Waals surface area contributed by atoms with Crippen LogP contribution >= 0.6 is 0 Å². The van der Waals surface area contributed by atoms with Crippen molar-refractivity contribution in [3.05, 3.63) is 78.1 Å². The van der Waals surface area contributed by atoms with Gasteiger partial charge in [-0.05, 0) is 42.7 Å². The largest absolute Gasteiger partial charge is 0.493 e. The first kappa shape index (κ1) is 27.6. The first-order valence-electron chi connectivity index (χ1n) is 12.7. The number of fused-ring (bicyclic) bond motifs is 1. The van der Waals surface area contributed by atoms with Gasteiger partial charge in [-0.1, -0.05) is 55.5 Å². The number of nitrogens with zero attached hydrogens (tertiary/aromatic N) is 4. The topological polar surface area (TPSA) is 98.6 Å². The molecule has 2 amide bonds. The number of nitrogens with one attached hydrogen (secondary N) is 1. The van der Waals surface area contributed by atoms with Gasteiger partial charge in [-0.2, -0.15) is 0 Å². The van der Waals surface area contributed by atoms with Crippen LogP contribution in [0, 0.1) is 11.7 Å². The molecule has 10 heteroatoms. The number of anilines is 1. The number of methoxy groups -OCH3 is 2. The van der Waals surface area contributed by atoms with Gasteiger partial charge in [0.15, 0.2) is 11.5 Å². The molecular formula is C29H32FN5O4. The number of carbonyl (C=O) groups excluding carboxylic acids is 2. The van der Waals surface area contributed by atoms with Gasteiger partial charge in [0.25, 0.3) is 0 Å². The Hall–Kier alpha value is -4.47. The van der Waals surface area contributed by atoms with Crippen molar-refractivity contribution < 1.29 is 23.5 Å². The van der Waals surface area contributed by atoms with Crippen molar-refractivity contribution in [2.75, 3.05) is 25.7 Å². The van der Waals surface area contributed by atoms with Crippen molar-refractivity contribution in [1.29, 1.82) is 0 Å². The summed E-state index contributed by atoms with van der Waals surface area (Å²) in [5.74, 6) is -0.717. The van der Waals surface area contributed by atoms with Crippen LogP contribution in [-0.4, -0.2) is 47.6 Å². The minimum Gasteiger partial charge on any atom is -0.493 e. The summed E-state index contributed by atoms with van der Waals surface area (Å²) in [6, 6.07) is 16.8. The monoisotopic (exact) mass is 533 g/mol. The molecule has 0 saturated carbocycles. The molecule has 0 aliphatic heterocycles. The summed E-state index contributed by atoms with van der Waals surface area (Å²) in [5, 5.41) is 11.2. The normalized spacial score (nSPS) is 11.8. The molecule has 1 N–H and O–H groups in total. The van der Waals surface area contributed by atoms with Gasteiger partial charge in [0.05, 0.1) is 25.4 Å². The molecule has 4 rings (SSSR count). The third kappa shape index (κ3) is 6.00. The van der Waals surface area contributed by atoms with Crippen molar-refractivity contribution in [3.63, 3.8) is 0 Å². The summed E-state index contributed by atoms with van der Waals surface area (Å²) in [6.45, 7) is 4.20. The number of ether oxygens (including phenoxy) is 2. The molecule has 1 atom stereocenters. The van der Waals surface area contributed by atoms with Gasteiger partial charge in [-0.3, -0.25) is 14.5 Å². The molecule has 0 saturated heterocycles. The number of amides is 2. The number of aromatic nitrogens is 3. The molecule has 0 spiro atoms. The average molecular weight is 534 g/mol. The maximum atomic E-state index is 15.3. The van der Waals surface area contributed by atoms with E-state index in [1.54, 1.807) is 36.4 Å². The van der Waals surface area contributed by atoms with Crippen LogP contribution in [0.25, 0.3) is 11.0 Å². The third-order valence-electron chi connectivity index (χ3n) is 6.34. The zero-order chi connectivity index (χ0) is 27.9. The Morgan fingerprint density at radius 1 is 1.00 bits per heavy atom. The summed E-state index contributed by atoms with van der Waals surface area (Å²) in [6.07, 6.45) is 0.728. The van der Waals surface area contributed by atoms with E-state index < -0.39 is 23.7 Å². The van der Waals surface area contributed by atoms with Gasteiger partial charge in [0, 0.05) is 12.1 Å². The zero-order valence-corrected chi connectivity index (χ0v) is 22.4. The Labute approximate surface area is 226 Å². The van der Waals surface area contributed by atoms with E-state index in [1.165, 1.54) is 37.1 Å². The number of benzene rings is 3. The standard InChI is InChI=1S/C29H32FN5O4/c1-19(2)16-17-31-29(37)27(20-10-9-15-25(38-3)28(20)39-4)35(23-13-7-5-11-21(23)30)26(36)18-34-24-14-8-6-12-22(24)32-33-34/h5-15,19,27H,16-18H2,1-4H3,(H,31,37). The molecule has 0 aliphatic carbocycles. The van der Waals surface area contributed by atoms with Crippen LogP contribution in [0.15, 0.2) is 66.7 Å². The number of hydrogen-bond acceptors (Lipinski definition) is 6. The number of hydrogen-bond donors (Lipinski definition) is 1. The Kier molecular flexibility index (Phi) is 8.75. The predicted molar refractivity (Wildman–Crippen MR) is 146 cm³/mol. The fourth-order valence-corrected chi connectivity index (χ4v) is 4.41. The van der Waals surface area contributed by atoms with E-state index in [4.69, 9.17) is 9.47 Å². The lowest BCUT2D eigenvalue weighted by molar-refractivity contribution is -0.127. The number of carbonyl (C=O) groups is 2.